The van der Waals surface area contributed by atoms with Gasteiger partial charge in [0.05, 0.1) is 28.1 Å². The van der Waals surface area contributed by atoms with Crippen LogP contribution >= 0.6 is 0 Å². The lowest BCUT2D eigenvalue weighted by atomic mass is 10.1. The molecule has 0 saturated carbocycles. The van der Waals surface area contributed by atoms with Crippen molar-refractivity contribution in [2.24, 2.45) is 0 Å². The molecule has 0 aliphatic carbocycles. The number of hydrogen-bond acceptors (Lipinski definition) is 4. The Labute approximate surface area is 226 Å². The summed E-state index contributed by atoms with van der Waals surface area (Å²) in [7, 11) is 0. The molecule has 0 unspecified atom stereocenters. The molecule has 0 aliphatic rings. The summed E-state index contributed by atoms with van der Waals surface area (Å²) in [5.74, 6) is 1.42. The van der Waals surface area contributed by atoms with E-state index in [1.54, 1.807) is 0 Å². The minimum Gasteiger partial charge on any atom is -0.395 e. The molecule has 0 radical (unpaired) electrons. The summed E-state index contributed by atoms with van der Waals surface area (Å²) in [6.07, 6.45) is 0. The van der Waals surface area contributed by atoms with Gasteiger partial charge in [-0.25, -0.2) is 9.97 Å². The fourth-order valence-electron chi connectivity index (χ4n) is 5.13. The highest BCUT2D eigenvalue weighted by atomic mass is 15.1. The Kier molecular flexibility index (Phi) is 5.52. The SMILES string of the molecule is Nc1c(Nc2ccccc2)ccc2c3ccccc3n(-c3cc(-c4ccccc4)nc(-c4ccccc4)n3)c12. The lowest BCUT2D eigenvalue weighted by Gasteiger charge is -2.15. The Bertz CT molecular complexity index is 1870. The average Bonchev–Trinajstić information content (AvgIpc) is 3.35. The number of nitrogens with zero attached hydrogens (tertiary/aromatic N) is 3. The summed E-state index contributed by atoms with van der Waals surface area (Å²) in [5, 5.41) is 5.68. The van der Waals surface area contributed by atoms with Gasteiger partial charge >= 0.3 is 0 Å². The molecule has 186 valence electrons. The molecule has 0 atom stereocenters. The highest BCUT2D eigenvalue weighted by Crippen LogP contribution is 2.39. The Balaban J connectivity index is 1.52. The largest absolute Gasteiger partial charge is 0.395 e. The van der Waals surface area contributed by atoms with Gasteiger partial charge in [-0.3, -0.25) is 4.57 Å². The molecular formula is C34H25N5. The minimum atomic E-state index is 0.661. The molecular weight excluding hydrogens is 478 g/mol. The van der Waals surface area contributed by atoms with E-state index in [4.69, 9.17) is 15.7 Å². The van der Waals surface area contributed by atoms with Crippen molar-refractivity contribution in [2.45, 2.75) is 0 Å². The summed E-state index contributed by atoms with van der Waals surface area (Å²) in [6.45, 7) is 0. The van der Waals surface area contributed by atoms with Crippen LogP contribution in [0.4, 0.5) is 17.1 Å². The second kappa shape index (κ2) is 9.47. The van der Waals surface area contributed by atoms with E-state index in [-0.39, 0.29) is 0 Å². The quantitative estimate of drug-likeness (QED) is 0.232. The van der Waals surface area contributed by atoms with Crippen LogP contribution in [-0.2, 0) is 0 Å². The topological polar surface area (TPSA) is 68.8 Å². The van der Waals surface area contributed by atoms with Gasteiger partial charge in [-0.05, 0) is 30.3 Å². The van der Waals surface area contributed by atoms with Gasteiger partial charge in [-0.1, -0.05) is 97.1 Å². The van der Waals surface area contributed by atoms with Crippen molar-refractivity contribution in [2.75, 3.05) is 11.1 Å². The van der Waals surface area contributed by atoms with Gasteiger partial charge in [0.25, 0.3) is 0 Å². The maximum absolute atomic E-state index is 6.94. The zero-order valence-corrected chi connectivity index (χ0v) is 21.1. The van der Waals surface area contributed by atoms with Gasteiger partial charge in [-0.15, -0.1) is 0 Å². The third-order valence-corrected chi connectivity index (χ3v) is 6.97. The normalized spacial score (nSPS) is 11.2. The number of aromatic nitrogens is 3. The number of nitrogen functional groups attached to an aromatic ring is 1. The van der Waals surface area contributed by atoms with Crippen molar-refractivity contribution in [3.05, 3.63) is 133 Å². The first-order chi connectivity index (χ1) is 19.3. The third-order valence-electron chi connectivity index (χ3n) is 6.97. The zero-order chi connectivity index (χ0) is 26.2. The monoisotopic (exact) mass is 503 g/mol. The Morgan fingerprint density at radius 1 is 0.590 bits per heavy atom. The van der Waals surface area contributed by atoms with Crippen LogP contribution in [0.15, 0.2) is 133 Å². The summed E-state index contributed by atoms with van der Waals surface area (Å²) < 4.78 is 2.16. The summed E-state index contributed by atoms with van der Waals surface area (Å²) >= 11 is 0. The predicted octanol–water partition coefficient (Wildman–Crippen LogP) is 8.23. The van der Waals surface area contributed by atoms with Crippen LogP contribution in [0, 0.1) is 0 Å². The lowest BCUT2D eigenvalue weighted by molar-refractivity contribution is 1.05. The molecule has 7 aromatic rings. The van der Waals surface area contributed by atoms with E-state index in [0.29, 0.717) is 11.5 Å². The molecule has 0 amide bonds. The molecule has 0 aliphatic heterocycles. The summed E-state index contributed by atoms with van der Waals surface area (Å²) in [5.41, 5.74) is 14.2. The van der Waals surface area contributed by atoms with Crippen LogP contribution in [0.25, 0.3) is 50.3 Å². The van der Waals surface area contributed by atoms with Gasteiger partial charge in [0.1, 0.15) is 5.82 Å². The van der Waals surface area contributed by atoms with Gasteiger partial charge < -0.3 is 11.1 Å². The van der Waals surface area contributed by atoms with Crippen molar-refractivity contribution >= 4 is 38.9 Å². The number of nitrogens with two attached hydrogens (primary N) is 1. The highest BCUT2D eigenvalue weighted by molar-refractivity contribution is 6.15. The minimum absolute atomic E-state index is 0.661. The van der Waals surface area contributed by atoms with Crippen LogP contribution in [-0.4, -0.2) is 14.5 Å². The number of fused-ring (bicyclic) bond motifs is 3. The molecule has 0 saturated heterocycles. The summed E-state index contributed by atoms with van der Waals surface area (Å²) in [6, 6.07) is 45.0. The van der Waals surface area contributed by atoms with E-state index < -0.39 is 0 Å². The second-order valence-corrected chi connectivity index (χ2v) is 9.43. The molecule has 39 heavy (non-hydrogen) atoms. The molecule has 0 fully saturated rings. The first-order valence-electron chi connectivity index (χ1n) is 12.9. The van der Waals surface area contributed by atoms with E-state index in [1.807, 2.05) is 91.0 Å². The molecule has 5 aromatic carbocycles. The highest BCUT2D eigenvalue weighted by Gasteiger charge is 2.19. The maximum Gasteiger partial charge on any atom is 0.162 e. The second-order valence-electron chi connectivity index (χ2n) is 9.43. The smallest absolute Gasteiger partial charge is 0.162 e. The van der Waals surface area contributed by atoms with Crippen LogP contribution in [0.5, 0.6) is 0 Å². The molecule has 2 heterocycles. The number of anilines is 3. The number of nitrogens with one attached hydrogen (secondary N) is 1. The fraction of sp³-hybridized carbons (Fsp3) is 0. The predicted molar refractivity (Wildman–Crippen MR) is 161 cm³/mol. The van der Waals surface area contributed by atoms with Gasteiger partial charge in [0.15, 0.2) is 5.82 Å². The van der Waals surface area contributed by atoms with Gasteiger partial charge in [0, 0.05) is 33.7 Å². The van der Waals surface area contributed by atoms with E-state index >= 15 is 0 Å². The number of benzene rings is 5. The first-order valence-corrected chi connectivity index (χ1v) is 12.9. The van der Waals surface area contributed by atoms with E-state index in [0.717, 1.165) is 55.8 Å². The van der Waals surface area contributed by atoms with Crippen molar-refractivity contribution < 1.29 is 0 Å². The molecule has 5 nitrogen and oxygen atoms in total. The Hall–Kier alpha value is -5.42. The van der Waals surface area contributed by atoms with Crippen LogP contribution in [0.2, 0.25) is 0 Å². The fourth-order valence-corrected chi connectivity index (χ4v) is 5.13. The number of rotatable bonds is 5. The average molecular weight is 504 g/mol. The lowest BCUT2D eigenvalue weighted by Crippen LogP contribution is -2.05. The molecule has 0 bridgehead atoms. The molecule has 3 N–H and O–H groups in total. The van der Waals surface area contributed by atoms with E-state index in [9.17, 15) is 0 Å². The van der Waals surface area contributed by atoms with Crippen molar-refractivity contribution in [1.82, 2.24) is 14.5 Å². The van der Waals surface area contributed by atoms with E-state index in [2.05, 4.69) is 52.3 Å². The Morgan fingerprint density at radius 2 is 1.23 bits per heavy atom. The standard InChI is InChI=1S/C34H25N5/c35-32-28(36-25-16-8-3-9-17-25)21-20-27-26-18-10-11-19-30(26)39(33(27)32)31-22-29(23-12-4-1-5-13-23)37-34(38-31)24-14-6-2-7-15-24/h1-22,36H,35H2. The molecule has 2 aromatic heterocycles. The van der Waals surface area contributed by atoms with Crippen molar-refractivity contribution in [3.63, 3.8) is 0 Å². The van der Waals surface area contributed by atoms with E-state index in [1.165, 1.54) is 0 Å². The maximum atomic E-state index is 6.94. The van der Waals surface area contributed by atoms with Crippen molar-refractivity contribution in [1.29, 1.82) is 0 Å². The molecule has 5 heteroatoms. The van der Waals surface area contributed by atoms with Gasteiger partial charge in [0.2, 0.25) is 0 Å². The number of para-hydroxylation sites is 2. The van der Waals surface area contributed by atoms with Crippen LogP contribution < -0.4 is 11.1 Å². The Morgan fingerprint density at radius 3 is 1.97 bits per heavy atom. The zero-order valence-electron chi connectivity index (χ0n) is 21.1. The third kappa shape index (κ3) is 4.06. The number of hydrogen-bond donors (Lipinski definition) is 2. The van der Waals surface area contributed by atoms with Crippen molar-refractivity contribution in [3.8, 4) is 28.5 Å². The molecule has 0 spiro atoms. The van der Waals surface area contributed by atoms with Crippen LogP contribution in [0.3, 0.4) is 0 Å². The summed E-state index contributed by atoms with van der Waals surface area (Å²) in [4.78, 5) is 10.1. The first kappa shape index (κ1) is 22.8. The van der Waals surface area contributed by atoms with Gasteiger partial charge in [-0.2, -0.15) is 0 Å². The van der Waals surface area contributed by atoms with Crippen LogP contribution in [0.1, 0.15) is 0 Å². The molecule has 7 rings (SSSR count).